The van der Waals surface area contributed by atoms with Crippen molar-refractivity contribution in [3.8, 4) is 0 Å². The summed E-state index contributed by atoms with van der Waals surface area (Å²) in [6.07, 6.45) is 7.23. The molecular weight excluding hydrogens is 373 g/mol. The zero-order valence-electron chi connectivity index (χ0n) is 14.9. The number of halogens is 2. The van der Waals surface area contributed by atoms with Crippen molar-refractivity contribution in [2.24, 2.45) is 11.7 Å². The second kappa shape index (κ2) is 9.90. The molecule has 2 aromatic rings. The predicted molar refractivity (Wildman–Crippen MR) is 106 cm³/mol. The van der Waals surface area contributed by atoms with Crippen LogP contribution in [0.1, 0.15) is 43.7 Å². The molecule has 1 fully saturated rings. The van der Waals surface area contributed by atoms with Gasteiger partial charge in [0, 0.05) is 12.1 Å². The van der Waals surface area contributed by atoms with Crippen LogP contribution in [0.3, 0.4) is 0 Å². The molecule has 2 atom stereocenters. The molecule has 26 heavy (non-hydrogen) atoms. The van der Waals surface area contributed by atoms with Gasteiger partial charge in [0.05, 0.1) is 12.5 Å². The molecule has 3 rings (SSSR count). The minimum absolute atomic E-state index is 0. The number of nitrogens with two attached hydrogens (primary N) is 1. The summed E-state index contributed by atoms with van der Waals surface area (Å²) in [6, 6.07) is 8.18. The Morgan fingerprint density at radius 2 is 1.96 bits per heavy atom. The van der Waals surface area contributed by atoms with Gasteiger partial charge in [0.2, 0.25) is 5.91 Å². The van der Waals surface area contributed by atoms with Crippen LogP contribution in [0.15, 0.2) is 36.9 Å². The van der Waals surface area contributed by atoms with E-state index in [1.54, 1.807) is 11.0 Å². The van der Waals surface area contributed by atoms with Crippen molar-refractivity contribution in [1.29, 1.82) is 0 Å². The van der Waals surface area contributed by atoms with Gasteiger partial charge in [0.15, 0.2) is 0 Å². The molecule has 1 aliphatic carbocycles. The zero-order valence-corrected chi connectivity index (χ0v) is 16.6. The number of amides is 1. The van der Waals surface area contributed by atoms with Gasteiger partial charge in [-0.25, -0.2) is 9.67 Å². The van der Waals surface area contributed by atoms with Gasteiger partial charge < -0.3 is 11.1 Å². The largest absolute Gasteiger partial charge is 0.352 e. The summed E-state index contributed by atoms with van der Waals surface area (Å²) in [5.41, 5.74) is 8.15. The molecule has 6 nitrogen and oxygen atoms in total. The molecular formula is C18H27Cl2N5O. The second-order valence-electron chi connectivity index (χ2n) is 6.93. The zero-order chi connectivity index (χ0) is 17.0. The molecule has 144 valence electrons. The summed E-state index contributed by atoms with van der Waals surface area (Å²) in [4.78, 5) is 16.4. The Morgan fingerprint density at radius 1 is 1.27 bits per heavy atom. The van der Waals surface area contributed by atoms with Crippen molar-refractivity contribution in [2.75, 3.05) is 0 Å². The molecule has 1 aliphatic rings. The van der Waals surface area contributed by atoms with E-state index in [4.69, 9.17) is 5.73 Å². The van der Waals surface area contributed by atoms with E-state index in [2.05, 4.69) is 27.5 Å². The topological polar surface area (TPSA) is 85.8 Å². The normalized spacial score (nSPS) is 22.0. The highest BCUT2D eigenvalue weighted by Gasteiger charge is 2.37. The van der Waals surface area contributed by atoms with E-state index in [-0.39, 0.29) is 42.2 Å². The number of carbonyl (C=O) groups is 1. The van der Waals surface area contributed by atoms with Crippen molar-refractivity contribution >= 4 is 30.7 Å². The van der Waals surface area contributed by atoms with E-state index in [0.717, 1.165) is 36.8 Å². The Balaban J connectivity index is 0.00000169. The summed E-state index contributed by atoms with van der Waals surface area (Å²) < 4.78 is 1.78. The highest BCUT2D eigenvalue weighted by molar-refractivity contribution is 5.85. The van der Waals surface area contributed by atoms with Crippen molar-refractivity contribution in [3.05, 3.63) is 48.0 Å². The Morgan fingerprint density at radius 3 is 2.58 bits per heavy atom. The van der Waals surface area contributed by atoms with Crippen LogP contribution in [0.5, 0.6) is 0 Å². The van der Waals surface area contributed by atoms with Gasteiger partial charge in [0.1, 0.15) is 12.7 Å². The fraction of sp³-hybridized carbons (Fsp3) is 0.500. The van der Waals surface area contributed by atoms with Gasteiger partial charge in [-0.05, 0) is 30.9 Å². The number of nitrogens with zero attached hydrogens (tertiary/aromatic N) is 3. The molecule has 0 radical (unpaired) electrons. The van der Waals surface area contributed by atoms with E-state index < -0.39 is 0 Å². The third kappa shape index (κ3) is 5.69. The minimum atomic E-state index is -0.385. The van der Waals surface area contributed by atoms with Crippen molar-refractivity contribution in [2.45, 2.75) is 51.2 Å². The summed E-state index contributed by atoms with van der Waals surface area (Å²) in [6.45, 7) is 3.23. The summed E-state index contributed by atoms with van der Waals surface area (Å²) in [7, 11) is 0. The van der Waals surface area contributed by atoms with E-state index >= 15 is 0 Å². The molecule has 0 saturated heterocycles. The lowest BCUT2D eigenvalue weighted by Gasteiger charge is -2.37. The molecule has 0 spiro atoms. The summed E-state index contributed by atoms with van der Waals surface area (Å²) in [5.74, 6) is -0.00997. The molecule has 1 aromatic heterocycles. The van der Waals surface area contributed by atoms with Gasteiger partial charge >= 0.3 is 0 Å². The van der Waals surface area contributed by atoms with Gasteiger partial charge in [0.25, 0.3) is 0 Å². The first kappa shape index (κ1) is 22.4. The highest BCUT2D eigenvalue weighted by atomic mass is 35.5. The lowest BCUT2D eigenvalue weighted by molar-refractivity contribution is -0.128. The Hall–Kier alpha value is -1.63. The van der Waals surface area contributed by atoms with Gasteiger partial charge in [-0.3, -0.25) is 4.79 Å². The van der Waals surface area contributed by atoms with Crippen LogP contribution in [0.4, 0.5) is 0 Å². The van der Waals surface area contributed by atoms with Crippen molar-refractivity contribution in [1.82, 2.24) is 20.1 Å². The highest BCUT2D eigenvalue weighted by Crippen LogP contribution is 2.31. The molecule has 0 aliphatic heterocycles. The van der Waals surface area contributed by atoms with Crippen LogP contribution in [0, 0.1) is 5.92 Å². The molecule has 0 bridgehead atoms. The summed E-state index contributed by atoms with van der Waals surface area (Å²) >= 11 is 0. The van der Waals surface area contributed by atoms with Crippen LogP contribution in [-0.4, -0.2) is 26.2 Å². The number of rotatable bonds is 5. The molecule has 1 aromatic carbocycles. The van der Waals surface area contributed by atoms with E-state index in [1.165, 1.54) is 6.33 Å². The summed E-state index contributed by atoms with van der Waals surface area (Å²) in [5, 5.41) is 7.14. The monoisotopic (exact) mass is 399 g/mol. The average molecular weight is 400 g/mol. The molecule has 8 heteroatoms. The first-order valence-corrected chi connectivity index (χ1v) is 8.51. The third-order valence-electron chi connectivity index (χ3n) is 4.87. The lowest BCUT2D eigenvalue weighted by atomic mass is 9.74. The average Bonchev–Trinajstić information content (AvgIpc) is 3.06. The third-order valence-corrected chi connectivity index (χ3v) is 4.87. The maximum atomic E-state index is 12.5. The number of benzene rings is 1. The van der Waals surface area contributed by atoms with Crippen LogP contribution in [-0.2, 0) is 17.9 Å². The second-order valence-corrected chi connectivity index (χ2v) is 6.93. The number of aromatic nitrogens is 3. The SMILES string of the molecule is CC1(N)CCCCC1C(=O)NCc1ccc(Cn2cncn2)cc1.Cl.Cl. The fourth-order valence-corrected chi connectivity index (χ4v) is 3.37. The quantitative estimate of drug-likeness (QED) is 0.808. The lowest BCUT2D eigenvalue weighted by Crippen LogP contribution is -2.52. The van der Waals surface area contributed by atoms with Crippen molar-refractivity contribution < 1.29 is 4.79 Å². The van der Waals surface area contributed by atoms with E-state index in [1.807, 2.05) is 19.1 Å². The minimum Gasteiger partial charge on any atom is -0.352 e. The number of nitrogens with one attached hydrogen (secondary N) is 1. The smallest absolute Gasteiger partial charge is 0.225 e. The van der Waals surface area contributed by atoms with Gasteiger partial charge in [-0.1, -0.05) is 37.1 Å². The molecule has 1 saturated carbocycles. The van der Waals surface area contributed by atoms with Crippen LogP contribution >= 0.6 is 24.8 Å². The Labute approximate surface area is 166 Å². The predicted octanol–water partition coefficient (Wildman–Crippen LogP) is 2.69. The van der Waals surface area contributed by atoms with Crippen LogP contribution < -0.4 is 11.1 Å². The first-order valence-electron chi connectivity index (χ1n) is 8.51. The van der Waals surface area contributed by atoms with Crippen LogP contribution in [0.25, 0.3) is 0 Å². The maximum absolute atomic E-state index is 12.5. The Bertz CT molecular complexity index is 673. The van der Waals surface area contributed by atoms with E-state index in [0.29, 0.717) is 13.1 Å². The molecule has 1 amide bonds. The molecule has 2 unspecified atom stereocenters. The van der Waals surface area contributed by atoms with Gasteiger partial charge in [-0.2, -0.15) is 5.10 Å². The number of carbonyl (C=O) groups excluding carboxylic acids is 1. The van der Waals surface area contributed by atoms with Crippen molar-refractivity contribution in [3.63, 3.8) is 0 Å². The first-order chi connectivity index (χ1) is 11.5. The standard InChI is InChI=1S/C18H25N5O.2ClH/c1-18(19)9-3-2-4-16(18)17(24)21-10-14-5-7-15(8-6-14)11-23-13-20-12-22-23;;/h5-8,12-13,16H,2-4,9-11,19H2,1H3,(H,21,24);2*1H. The molecule has 3 N–H and O–H groups in total. The number of hydrogen-bond acceptors (Lipinski definition) is 4. The maximum Gasteiger partial charge on any atom is 0.225 e. The van der Waals surface area contributed by atoms with E-state index in [9.17, 15) is 4.79 Å². The van der Waals surface area contributed by atoms with Crippen LogP contribution in [0.2, 0.25) is 0 Å². The number of hydrogen-bond donors (Lipinski definition) is 2. The van der Waals surface area contributed by atoms with Gasteiger partial charge in [-0.15, -0.1) is 24.8 Å². The molecule has 1 heterocycles. The fourth-order valence-electron chi connectivity index (χ4n) is 3.37. The Kier molecular flexibility index (Phi) is 8.53.